The lowest BCUT2D eigenvalue weighted by atomic mass is 10.1. The standard InChI is InChI=1S/C15H18IN3O/c1-3-8-17-15-13(16)9-18-14(19-15)12-7-5-4-6-11(12)10-20-2/h4-7,9H,3,8,10H2,1-2H3,(H,17,18,19). The van der Waals surface area contributed by atoms with Crippen molar-refractivity contribution in [2.75, 3.05) is 19.0 Å². The van der Waals surface area contributed by atoms with E-state index in [9.17, 15) is 0 Å². The van der Waals surface area contributed by atoms with Crippen LogP contribution in [0.2, 0.25) is 0 Å². The van der Waals surface area contributed by atoms with Gasteiger partial charge in [-0.1, -0.05) is 31.2 Å². The van der Waals surface area contributed by atoms with E-state index in [0.717, 1.165) is 39.3 Å². The highest BCUT2D eigenvalue weighted by Crippen LogP contribution is 2.24. The Labute approximate surface area is 133 Å². The molecule has 1 N–H and O–H groups in total. The average molecular weight is 383 g/mol. The molecule has 2 rings (SSSR count). The van der Waals surface area contributed by atoms with Crippen LogP contribution in [0.15, 0.2) is 30.5 Å². The van der Waals surface area contributed by atoms with E-state index in [1.165, 1.54) is 0 Å². The molecule has 0 atom stereocenters. The largest absolute Gasteiger partial charge is 0.380 e. The van der Waals surface area contributed by atoms with Crippen LogP contribution in [0.4, 0.5) is 5.82 Å². The summed E-state index contributed by atoms with van der Waals surface area (Å²) in [6, 6.07) is 8.06. The van der Waals surface area contributed by atoms with Gasteiger partial charge in [0, 0.05) is 25.4 Å². The van der Waals surface area contributed by atoms with E-state index in [4.69, 9.17) is 4.74 Å². The third-order valence-electron chi connectivity index (χ3n) is 2.84. The van der Waals surface area contributed by atoms with Gasteiger partial charge in [0.15, 0.2) is 5.82 Å². The number of nitrogens with zero attached hydrogens (tertiary/aromatic N) is 2. The molecule has 0 fully saturated rings. The fraction of sp³-hybridized carbons (Fsp3) is 0.333. The topological polar surface area (TPSA) is 47.0 Å². The molecule has 0 amide bonds. The molecule has 0 bridgehead atoms. The first-order chi connectivity index (χ1) is 9.76. The van der Waals surface area contributed by atoms with Gasteiger partial charge in [0.1, 0.15) is 5.82 Å². The van der Waals surface area contributed by atoms with Crippen LogP contribution in [0.5, 0.6) is 0 Å². The second-order valence-corrected chi connectivity index (χ2v) is 5.57. The predicted molar refractivity (Wildman–Crippen MR) is 89.7 cm³/mol. The first-order valence-electron chi connectivity index (χ1n) is 6.60. The van der Waals surface area contributed by atoms with Crippen LogP contribution in [0.1, 0.15) is 18.9 Å². The summed E-state index contributed by atoms with van der Waals surface area (Å²) in [5.74, 6) is 1.63. The van der Waals surface area contributed by atoms with Crippen molar-refractivity contribution in [1.29, 1.82) is 0 Å². The molecule has 0 unspecified atom stereocenters. The molecule has 5 heteroatoms. The predicted octanol–water partition coefficient (Wildman–Crippen LogP) is 3.72. The minimum Gasteiger partial charge on any atom is -0.380 e. The summed E-state index contributed by atoms with van der Waals surface area (Å²) in [6.07, 6.45) is 2.92. The van der Waals surface area contributed by atoms with Crippen molar-refractivity contribution in [2.24, 2.45) is 0 Å². The van der Waals surface area contributed by atoms with E-state index < -0.39 is 0 Å². The van der Waals surface area contributed by atoms with Gasteiger partial charge in [0.05, 0.1) is 10.2 Å². The van der Waals surface area contributed by atoms with Crippen molar-refractivity contribution in [3.8, 4) is 11.4 Å². The van der Waals surface area contributed by atoms with Gasteiger partial charge in [-0.15, -0.1) is 0 Å². The maximum absolute atomic E-state index is 5.24. The molecule has 20 heavy (non-hydrogen) atoms. The maximum atomic E-state index is 5.24. The fourth-order valence-corrected chi connectivity index (χ4v) is 2.33. The zero-order valence-corrected chi connectivity index (χ0v) is 13.8. The highest BCUT2D eigenvalue weighted by atomic mass is 127. The average Bonchev–Trinajstić information content (AvgIpc) is 2.47. The second-order valence-electron chi connectivity index (χ2n) is 4.41. The van der Waals surface area contributed by atoms with Crippen LogP contribution < -0.4 is 5.32 Å². The molecule has 1 aromatic carbocycles. The van der Waals surface area contributed by atoms with Gasteiger partial charge < -0.3 is 10.1 Å². The monoisotopic (exact) mass is 383 g/mol. The van der Waals surface area contributed by atoms with Gasteiger partial charge in [-0.3, -0.25) is 0 Å². The number of benzene rings is 1. The van der Waals surface area contributed by atoms with E-state index in [1.54, 1.807) is 7.11 Å². The van der Waals surface area contributed by atoms with Crippen molar-refractivity contribution in [3.05, 3.63) is 39.6 Å². The number of methoxy groups -OCH3 is 1. The molecule has 0 aliphatic heterocycles. The Morgan fingerprint density at radius 2 is 2.10 bits per heavy atom. The van der Waals surface area contributed by atoms with Crippen molar-refractivity contribution in [3.63, 3.8) is 0 Å². The summed E-state index contributed by atoms with van der Waals surface area (Å²) >= 11 is 2.25. The molecule has 0 aliphatic carbocycles. The molecule has 1 heterocycles. The van der Waals surface area contributed by atoms with E-state index in [0.29, 0.717) is 6.61 Å². The second kappa shape index (κ2) is 7.54. The van der Waals surface area contributed by atoms with Crippen LogP contribution in [-0.4, -0.2) is 23.6 Å². The molecule has 106 valence electrons. The minimum absolute atomic E-state index is 0.559. The van der Waals surface area contributed by atoms with Crippen molar-refractivity contribution < 1.29 is 4.74 Å². The summed E-state index contributed by atoms with van der Waals surface area (Å²) in [5, 5.41) is 3.33. The van der Waals surface area contributed by atoms with E-state index in [1.807, 2.05) is 30.5 Å². The number of aromatic nitrogens is 2. The first-order valence-corrected chi connectivity index (χ1v) is 7.67. The quantitative estimate of drug-likeness (QED) is 0.773. The Hall–Kier alpha value is -1.21. The SMILES string of the molecule is CCCNc1nc(-c2ccccc2COC)ncc1I. The van der Waals surface area contributed by atoms with E-state index >= 15 is 0 Å². The molecule has 0 saturated heterocycles. The lowest BCUT2D eigenvalue weighted by molar-refractivity contribution is 0.185. The van der Waals surface area contributed by atoms with Gasteiger partial charge in [-0.25, -0.2) is 9.97 Å². The molecule has 4 nitrogen and oxygen atoms in total. The molecule has 0 saturated carbocycles. The van der Waals surface area contributed by atoms with Crippen LogP contribution in [0, 0.1) is 3.57 Å². The van der Waals surface area contributed by atoms with Gasteiger partial charge in [0.25, 0.3) is 0 Å². The number of anilines is 1. The number of halogens is 1. The lowest BCUT2D eigenvalue weighted by Gasteiger charge is -2.11. The summed E-state index contributed by atoms with van der Waals surface area (Å²) in [6.45, 7) is 3.60. The number of nitrogens with one attached hydrogen (secondary N) is 1. The number of hydrogen-bond donors (Lipinski definition) is 1. The highest BCUT2D eigenvalue weighted by Gasteiger charge is 2.10. The Kier molecular flexibility index (Phi) is 5.72. The maximum Gasteiger partial charge on any atom is 0.161 e. The van der Waals surface area contributed by atoms with E-state index in [-0.39, 0.29) is 0 Å². The van der Waals surface area contributed by atoms with Crippen molar-refractivity contribution >= 4 is 28.4 Å². The van der Waals surface area contributed by atoms with Crippen molar-refractivity contribution in [1.82, 2.24) is 9.97 Å². The van der Waals surface area contributed by atoms with Gasteiger partial charge in [-0.05, 0) is 34.6 Å². The Morgan fingerprint density at radius 3 is 2.85 bits per heavy atom. The van der Waals surface area contributed by atoms with Crippen molar-refractivity contribution in [2.45, 2.75) is 20.0 Å². The summed E-state index contributed by atoms with van der Waals surface area (Å²) < 4.78 is 6.27. The Bertz CT molecular complexity index is 575. The molecule has 2 aromatic rings. The smallest absolute Gasteiger partial charge is 0.161 e. The molecular formula is C15H18IN3O. The highest BCUT2D eigenvalue weighted by molar-refractivity contribution is 14.1. The number of ether oxygens (including phenoxy) is 1. The van der Waals surface area contributed by atoms with Crippen LogP contribution in [0.25, 0.3) is 11.4 Å². The lowest BCUT2D eigenvalue weighted by Crippen LogP contribution is -2.06. The Morgan fingerprint density at radius 1 is 1.30 bits per heavy atom. The summed E-state index contributed by atoms with van der Waals surface area (Å²) in [5.41, 5.74) is 2.11. The zero-order chi connectivity index (χ0) is 14.4. The molecule has 0 radical (unpaired) electrons. The third kappa shape index (κ3) is 3.67. The van der Waals surface area contributed by atoms with Crippen LogP contribution in [-0.2, 0) is 11.3 Å². The zero-order valence-electron chi connectivity index (χ0n) is 11.7. The number of hydrogen-bond acceptors (Lipinski definition) is 4. The third-order valence-corrected chi connectivity index (χ3v) is 3.63. The molecule has 0 aliphatic rings. The van der Waals surface area contributed by atoms with Gasteiger partial charge in [0.2, 0.25) is 0 Å². The van der Waals surface area contributed by atoms with Gasteiger partial charge in [-0.2, -0.15) is 0 Å². The van der Waals surface area contributed by atoms with Gasteiger partial charge >= 0.3 is 0 Å². The fourth-order valence-electron chi connectivity index (χ4n) is 1.88. The Balaban J connectivity index is 2.37. The number of rotatable bonds is 6. The molecule has 1 aromatic heterocycles. The van der Waals surface area contributed by atoms with E-state index in [2.05, 4.69) is 44.8 Å². The first kappa shape index (κ1) is 15.2. The normalized spacial score (nSPS) is 10.6. The molecule has 0 spiro atoms. The summed E-state index contributed by atoms with van der Waals surface area (Å²) in [4.78, 5) is 9.08. The van der Waals surface area contributed by atoms with Crippen LogP contribution >= 0.6 is 22.6 Å². The summed E-state index contributed by atoms with van der Waals surface area (Å²) in [7, 11) is 1.69. The minimum atomic E-state index is 0.559. The van der Waals surface area contributed by atoms with Crippen LogP contribution in [0.3, 0.4) is 0 Å². The molecular weight excluding hydrogens is 365 g/mol.